The van der Waals surface area contributed by atoms with E-state index in [2.05, 4.69) is 17.2 Å². The molecule has 0 aromatic heterocycles. The van der Waals surface area contributed by atoms with E-state index in [1.54, 1.807) is 18.2 Å². The fourth-order valence-electron chi connectivity index (χ4n) is 1.45. The Hall–Kier alpha value is -1.26. The van der Waals surface area contributed by atoms with Crippen molar-refractivity contribution < 1.29 is 4.79 Å². The lowest BCUT2D eigenvalue weighted by molar-refractivity contribution is -0.119. The zero-order valence-electron chi connectivity index (χ0n) is 10.7. The highest BCUT2D eigenvalue weighted by atomic mass is 35.5. The Bertz CT molecular complexity index is 455. The van der Waals surface area contributed by atoms with Gasteiger partial charge < -0.3 is 5.73 Å². The van der Waals surface area contributed by atoms with Crippen molar-refractivity contribution in [2.45, 2.75) is 26.2 Å². The smallest absolute Gasteiger partial charge is 0.231 e. The van der Waals surface area contributed by atoms with E-state index in [4.69, 9.17) is 28.9 Å². The van der Waals surface area contributed by atoms with Crippen LogP contribution in [0.2, 0.25) is 10.0 Å². The SMILES string of the molecule is CCCCN=C(N)NC(=O)Cc1c(Cl)cccc1Cl. The average Bonchev–Trinajstić information content (AvgIpc) is 2.34. The van der Waals surface area contributed by atoms with Crippen LogP contribution < -0.4 is 11.1 Å². The van der Waals surface area contributed by atoms with Gasteiger partial charge in [0.1, 0.15) is 0 Å². The Balaban J connectivity index is 2.58. The van der Waals surface area contributed by atoms with Gasteiger partial charge in [-0.3, -0.25) is 15.1 Å². The van der Waals surface area contributed by atoms with Crippen molar-refractivity contribution in [3.05, 3.63) is 33.8 Å². The van der Waals surface area contributed by atoms with E-state index >= 15 is 0 Å². The van der Waals surface area contributed by atoms with Gasteiger partial charge in [-0.05, 0) is 24.1 Å². The summed E-state index contributed by atoms with van der Waals surface area (Å²) in [5.41, 5.74) is 6.18. The van der Waals surface area contributed by atoms with E-state index in [1.807, 2.05) is 0 Å². The number of unbranched alkanes of at least 4 members (excludes halogenated alkanes) is 1. The minimum atomic E-state index is -0.284. The molecule has 0 unspecified atom stereocenters. The van der Waals surface area contributed by atoms with Gasteiger partial charge in [0.15, 0.2) is 5.96 Å². The number of nitrogens with two attached hydrogens (primary N) is 1. The van der Waals surface area contributed by atoms with E-state index in [1.165, 1.54) is 0 Å². The van der Waals surface area contributed by atoms with Gasteiger partial charge in [-0.1, -0.05) is 42.6 Å². The molecule has 104 valence electrons. The molecule has 19 heavy (non-hydrogen) atoms. The lowest BCUT2D eigenvalue weighted by Gasteiger charge is -2.07. The van der Waals surface area contributed by atoms with Gasteiger partial charge in [-0.25, -0.2) is 0 Å². The molecule has 0 bridgehead atoms. The van der Waals surface area contributed by atoms with Gasteiger partial charge in [0, 0.05) is 16.6 Å². The zero-order chi connectivity index (χ0) is 14.3. The molecule has 4 nitrogen and oxygen atoms in total. The third kappa shape index (κ3) is 5.49. The summed E-state index contributed by atoms with van der Waals surface area (Å²) >= 11 is 12.0. The standard InChI is InChI=1S/C13H17Cl2N3O/c1-2-3-7-17-13(16)18-12(19)8-9-10(14)5-4-6-11(9)15/h4-6H,2-3,7-8H2,1H3,(H3,16,17,18,19). The molecule has 0 saturated heterocycles. The van der Waals surface area contributed by atoms with E-state index in [-0.39, 0.29) is 18.3 Å². The first kappa shape index (κ1) is 15.8. The van der Waals surface area contributed by atoms with Crippen LogP contribution in [-0.4, -0.2) is 18.4 Å². The van der Waals surface area contributed by atoms with Gasteiger partial charge in [0.2, 0.25) is 5.91 Å². The van der Waals surface area contributed by atoms with Crippen LogP contribution >= 0.6 is 23.2 Å². The van der Waals surface area contributed by atoms with Crippen LogP contribution in [0.3, 0.4) is 0 Å². The van der Waals surface area contributed by atoms with E-state index in [9.17, 15) is 4.79 Å². The quantitative estimate of drug-likeness (QED) is 0.499. The second-order valence-corrected chi connectivity index (χ2v) is 4.86. The minimum Gasteiger partial charge on any atom is -0.370 e. The molecule has 0 aliphatic carbocycles. The van der Waals surface area contributed by atoms with E-state index < -0.39 is 0 Å². The number of hydrogen-bond donors (Lipinski definition) is 2. The Morgan fingerprint density at radius 2 is 2.00 bits per heavy atom. The van der Waals surface area contributed by atoms with Crippen molar-refractivity contribution in [3.63, 3.8) is 0 Å². The highest BCUT2D eigenvalue weighted by Gasteiger charge is 2.11. The molecule has 0 aliphatic rings. The van der Waals surface area contributed by atoms with Crippen LogP contribution in [0.15, 0.2) is 23.2 Å². The average molecular weight is 302 g/mol. The Morgan fingerprint density at radius 3 is 2.58 bits per heavy atom. The number of aliphatic imine (C=N–C) groups is 1. The van der Waals surface area contributed by atoms with Crippen molar-refractivity contribution >= 4 is 35.1 Å². The fourth-order valence-corrected chi connectivity index (χ4v) is 1.98. The number of amides is 1. The normalized spacial score (nSPS) is 11.4. The van der Waals surface area contributed by atoms with Crippen LogP contribution in [0.5, 0.6) is 0 Å². The first-order valence-electron chi connectivity index (χ1n) is 6.07. The summed E-state index contributed by atoms with van der Waals surface area (Å²) in [6.07, 6.45) is 2.04. The number of nitrogens with one attached hydrogen (secondary N) is 1. The number of guanidine groups is 1. The highest BCUT2D eigenvalue weighted by molar-refractivity contribution is 6.36. The van der Waals surface area contributed by atoms with Crippen molar-refractivity contribution in [1.82, 2.24) is 5.32 Å². The number of benzene rings is 1. The summed E-state index contributed by atoms with van der Waals surface area (Å²) in [4.78, 5) is 15.8. The summed E-state index contributed by atoms with van der Waals surface area (Å²) in [5.74, 6) is -0.158. The number of nitrogens with zero attached hydrogens (tertiary/aromatic N) is 1. The predicted molar refractivity (Wildman–Crippen MR) is 79.7 cm³/mol. The first-order chi connectivity index (χ1) is 9.04. The lowest BCUT2D eigenvalue weighted by Crippen LogP contribution is -2.37. The van der Waals surface area contributed by atoms with Gasteiger partial charge in [0.25, 0.3) is 0 Å². The molecule has 0 aliphatic heterocycles. The molecule has 0 fully saturated rings. The van der Waals surface area contributed by atoms with E-state index in [0.29, 0.717) is 22.2 Å². The maximum atomic E-state index is 11.8. The molecule has 1 rings (SSSR count). The minimum absolute atomic E-state index is 0.0719. The number of hydrogen-bond acceptors (Lipinski definition) is 2. The Kier molecular flexibility index (Phi) is 6.67. The molecule has 6 heteroatoms. The number of carbonyl (C=O) groups is 1. The highest BCUT2D eigenvalue weighted by Crippen LogP contribution is 2.24. The van der Waals surface area contributed by atoms with Gasteiger partial charge in [-0.2, -0.15) is 0 Å². The molecule has 0 saturated carbocycles. The number of halogens is 2. The summed E-state index contributed by atoms with van der Waals surface area (Å²) in [7, 11) is 0. The third-order valence-electron chi connectivity index (χ3n) is 2.46. The number of rotatable bonds is 5. The van der Waals surface area contributed by atoms with Gasteiger partial charge >= 0.3 is 0 Å². The van der Waals surface area contributed by atoms with Crippen LogP contribution in [0.1, 0.15) is 25.3 Å². The van der Waals surface area contributed by atoms with Crippen LogP contribution in [0.4, 0.5) is 0 Å². The van der Waals surface area contributed by atoms with Crippen LogP contribution in [0, 0.1) is 0 Å². The Labute approximate surface area is 123 Å². The summed E-state index contributed by atoms with van der Waals surface area (Å²) in [6.45, 7) is 2.67. The van der Waals surface area contributed by atoms with Crippen molar-refractivity contribution in [3.8, 4) is 0 Å². The maximum Gasteiger partial charge on any atom is 0.231 e. The molecule has 0 heterocycles. The zero-order valence-corrected chi connectivity index (χ0v) is 12.3. The molecule has 0 spiro atoms. The second-order valence-electron chi connectivity index (χ2n) is 4.05. The number of carbonyl (C=O) groups excluding carboxylic acids is 1. The van der Waals surface area contributed by atoms with Crippen molar-refractivity contribution in [1.29, 1.82) is 0 Å². The third-order valence-corrected chi connectivity index (χ3v) is 3.17. The molecular weight excluding hydrogens is 285 g/mol. The van der Waals surface area contributed by atoms with Crippen molar-refractivity contribution in [2.75, 3.05) is 6.54 Å². The molecular formula is C13H17Cl2N3O. The second kappa shape index (κ2) is 8.02. The summed E-state index contributed by atoms with van der Waals surface area (Å²) < 4.78 is 0. The summed E-state index contributed by atoms with van der Waals surface area (Å²) in [5, 5.41) is 3.44. The van der Waals surface area contributed by atoms with Crippen molar-refractivity contribution in [2.24, 2.45) is 10.7 Å². The Morgan fingerprint density at radius 1 is 1.37 bits per heavy atom. The molecule has 1 aromatic rings. The molecule has 0 atom stereocenters. The molecule has 3 N–H and O–H groups in total. The monoisotopic (exact) mass is 301 g/mol. The largest absolute Gasteiger partial charge is 0.370 e. The van der Waals surface area contributed by atoms with Gasteiger partial charge in [0.05, 0.1) is 6.42 Å². The molecule has 1 amide bonds. The van der Waals surface area contributed by atoms with Crippen LogP contribution in [0.25, 0.3) is 0 Å². The fraction of sp³-hybridized carbons (Fsp3) is 0.385. The van der Waals surface area contributed by atoms with Gasteiger partial charge in [-0.15, -0.1) is 0 Å². The topological polar surface area (TPSA) is 67.5 Å². The lowest BCUT2D eigenvalue weighted by atomic mass is 10.1. The predicted octanol–water partition coefficient (Wildman–Crippen LogP) is 2.77. The maximum absolute atomic E-state index is 11.8. The molecule has 1 aromatic carbocycles. The summed E-state index contributed by atoms with van der Waals surface area (Å²) in [6, 6.07) is 5.11. The first-order valence-corrected chi connectivity index (χ1v) is 6.82. The van der Waals surface area contributed by atoms with E-state index in [0.717, 1.165) is 12.8 Å². The van der Waals surface area contributed by atoms with Crippen LogP contribution in [-0.2, 0) is 11.2 Å². The molecule has 0 radical (unpaired) electrons.